The quantitative estimate of drug-likeness (QED) is 0.393. The average molecular weight is 184 g/mol. The third-order valence-electron chi connectivity index (χ3n) is 2.54. The molecular weight excluding hydrogens is 172 g/mol. The average Bonchev–Trinajstić information content (AvgIpc) is 1.79. The zero-order chi connectivity index (χ0) is 10.0. The summed E-state index contributed by atoms with van der Waals surface area (Å²) in [6, 6.07) is 0. The molecule has 1 rings (SSSR count). The van der Waals surface area contributed by atoms with Crippen molar-refractivity contribution in [2.24, 2.45) is 5.92 Å². The monoisotopic (exact) mass is 184 g/mol. The van der Waals surface area contributed by atoms with Crippen LogP contribution in [0.4, 0.5) is 0 Å². The van der Waals surface area contributed by atoms with Gasteiger partial charge in [-0.05, 0) is 31.3 Å². The van der Waals surface area contributed by atoms with Gasteiger partial charge in [-0.1, -0.05) is 6.42 Å². The van der Waals surface area contributed by atoms with Gasteiger partial charge in [0.1, 0.15) is 5.57 Å². The zero-order valence-electron chi connectivity index (χ0n) is 7.41. The molecule has 1 fully saturated rings. The summed E-state index contributed by atoms with van der Waals surface area (Å²) in [5.41, 5.74) is 0.0518. The Morgan fingerprint density at radius 2 is 1.62 bits per heavy atom. The molecule has 0 bridgehead atoms. The minimum absolute atomic E-state index is 0.169. The molecule has 0 saturated heterocycles. The molecule has 4 nitrogen and oxygen atoms in total. The van der Waals surface area contributed by atoms with Gasteiger partial charge >= 0.3 is 11.9 Å². The van der Waals surface area contributed by atoms with Crippen molar-refractivity contribution in [3.63, 3.8) is 0 Å². The fraction of sp³-hybridized carbons (Fsp3) is 0.556. The number of hydrogen-bond donors (Lipinski definition) is 2. The molecule has 2 N–H and O–H groups in total. The summed E-state index contributed by atoms with van der Waals surface area (Å²) in [6.07, 6.45) is 2.89. The van der Waals surface area contributed by atoms with Crippen LogP contribution in [0.25, 0.3) is 0 Å². The molecule has 0 unspecified atom stereocenters. The third kappa shape index (κ3) is 1.88. The first-order valence-corrected chi connectivity index (χ1v) is 4.21. The molecule has 1 saturated carbocycles. The van der Waals surface area contributed by atoms with Crippen LogP contribution in [0.2, 0.25) is 0 Å². The summed E-state index contributed by atoms with van der Waals surface area (Å²) in [7, 11) is 0. The van der Waals surface area contributed by atoms with E-state index < -0.39 is 17.5 Å². The van der Waals surface area contributed by atoms with Crippen molar-refractivity contribution < 1.29 is 19.8 Å². The molecule has 0 spiro atoms. The van der Waals surface area contributed by atoms with Gasteiger partial charge in [-0.25, -0.2) is 9.59 Å². The summed E-state index contributed by atoms with van der Waals surface area (Å²) in [4.78, 5) is 21.2. The van der Waals surface area contributed by atoms with E-state index in [4.69, 9.17) is 10.2 Å². The summed E-state index contributed by atoms with van der Waals surface area (Å²) in [5.74, 6) is -2.50. The maximum Gasteiger partial charge on any atom is 0.343 e. The lowest BCUT2D eigenvalue weighted by Crippen LogP contribution is -2.20. The number of allylic oxidation sites excluding steroid dienone is 1. The predicted octanol–water partition coefficient (Wildman–Crippen LogP) is 1.27. The first kappa shape index (κ1) is 9.77. The molecule has 72 valence electrons. The van der Waals surface area contributed by atoms with E-state index in [-0.39, 0.29) is 5.92 Å². The summed E-state index contributed by atoms with van der Waals surface area (Å²) in [6.45, 7) is 1.60. The van der Waals surface area contributed by atoms with Crippen molar-refractivity contribution >= 4 is 11.9 Å². The third-order valence-corrected chi connectivity index (χ3v) is 2.54. The molecule has 0 atom stereocenters. The molecule has 4 heteroatoms. The van der Waals surface area contributed by atoms with E-state index in [1.807, 2.05) is 0 Å². The Kier molecular flexibility index (Phi) is 2.70. The highest BCUT2D eigenvalue weighted by Gasteiger charge is 2.27. The zero-order valence-corrected chi connectivity index (χ0v) is 7.41. The van der Waals surface area contributed by atoms with Crippen LogP contribution in [0, 0.1) is 5.92 Å². The summed E-state index contributed by atoms with van der Waals surface area (Å²) in [5, 5.41) is 17.3. The van der Waals surface area contributed by atoms with E-state index in [1.54, 1.807) is 6.92 Å². The minimum atomic E-state index is -1.34. The Morgan fingerprint density at radius 3 is 1.85 bits per heavy atom. The van der Waals surface area contributed by atoms with Crippen LogP contribution in [0.15, 0.2) is 11.1 Å². The van der Waals surface area contributed by atoms with Crippen molar-refractivity contribution in [3.8, 4) is 0 Å². The molecule has 0 amide bonds. The van der Waals surface area contributed by atoms with Gasteiger partial charge in [-0.2, -0.15) is 0 Å². The van der Waals surface area contributed by atoms with Crippen molar-refractivity contribution in [2.45, 2.75) is 26.2 Å². The van der Waals surface area contributed by atoms with Crippen molar-refractivity contribution in [1.82, 2.24) is 0 Å². The highest BCUT2D eigenvalue weighted by molar-refractivity contribution is 6.13. The Hall–Kier alpha value is -1.32. The van der Waals surface area contributed by atoms with Gasteiger partial charge in [0.05, 0.1) is 0 Å². The van der Waals surface area contributed by atoms with E-state index in [0.717, 1.165) is 19.3 Å². The van der Waals surface area contributed by atoms with E-state index >= 15 is 0 Å². The van der Waals surface area contributed by atoms with Gasteiger partial charge in [-0.3, -0.25) is 0 Å². The smallest absolute Gasteiger partial charge is 0.343 e. The maximum atomic E-state index is 10.6. The number of hydrogen-bond acceptors (Lipinski definition) is 2. The van der Waals surface area contributed by atoms with Gasteiger partial charge in [0, 0.05) is 0 Å². The number of aliphatic carboxylic acids is 2. The molecule has 0 aromatic rings. The van der Waals surface area contributed by atoms with Gasteiger partial charge in [-0.15, -0.1) is 0 Å². The molecule has 0 aromatic carbocycles. The normalized spacial score (nSPS) is 16.1. The fourth-order valence-electron chi connectivity index (χ4n) is 1.47. The number of carbonyl (C=O) groups is 2. The van der Waals surface area contributed by atoms with E-state index in [2.05, 4.69) is 0 Å². The Labute approximate surface area is 75.9 Å². The Bertz CT molecular complexity index is 257. The SMILES string of the molecule is CC(=C(C(=O)O)C(=O)O)C1CCC1. The van der Waals surface area contributed by atoms with Gasteiger partial charge in [0.15, 0.2) is 0 Å². The molecule has 1 aliphatic rings. The maximum absolute atomic E-state index is 10.6. The second-order valence-electron chi connectivity index (χ2n) is 3.30. The largest absolute Gasteiger partial charge is 0.477 e. The van der Waals surface area contributed by atoms with Crippen LogP contribution in [0.1, 0.15) is 26.2 Å². The lowest BCUT2D eigenvalue weighted by atomic mass is 9.78. The Morgan fingerprint density at radius 1 is 1.15 bits per heavy atom. The van der Waals surface area contributed by atoms with Crippen LogP contribution in [0.3, 0.4) is 0 Å². The number of carboxylic acid groups (broad SMARTS) is 2. The topological polar surface area (TPSA) is 74.6 Å². The van der Waals surface area contributed by atoms with E-state index in [0.29, 0.717) is 5.57 Å². The van der Waals surface area contributed by atoms with Gasteiger partial charge in [0.2, 0.25) is 0 Å². The van der Waals surface area contributed by atoms with Crippen molar-refractivity contribution in [1.29, 1.82) is 0 Å². The molecule has 0 heterocycles. The van der Waals surface area contributed by atoms with Crippen molar-refractivity contribution in [3.05, 3.63) is 11.1 Å². The highest BCUT2D eigenvalue weighted by atomic mass is 16.4. The van der Waals surface area contributed by atoms with Crippen LogP contribution < -0.4 is 0 Å². The lowest BCUT2D eigenvalue weighted by molar-refractivity contribution is -0.140. The van der Waals surface area contributed by atoms with Gasteiger partial charge < -0.3 is 10.2 Å². The first-order chi connectivity index (χ1) is 6.04. The van der Waals surface area contributed by atoms with Crippen LogP contribution in [-0.4, -0.2) is 22.2 Å². The second kappa shape index (κ2) is 3.60. The van der Waals surface area contributed by atoms with Crippen molar-refractivity contribution in [2.75, 3.05) is 0 Å². The molecule has 1 aliphatic carbocycles. The molecule has 13 heavy (non-hydrogen) atoms. The molecule has 0 aromatic heterocycles. The van der Waals surface area contributed by atoms with E-state index in [1.165, 1.54) is 0 Å². The fourth-order valence-corrected chi connectivity index (χ4v) is 1.47. The molecule has 0 aliphatic heterocycles. The lowest BCUT2D eigenvalue weighted by Gasteiger charge is -2.26. The van der Waals surface area contributed by atoms with Crippen LogP contribution in [-0.2, 0) is 9.59 Å². The van der Waals surface area contributed by atoms with Gasteiger partial charge in [0.25, 0.3) is 0 Å². The molecule has 0 radical (unpaired) electrons. The van der Waals surface area contributed by atoms with E-state index in [9.17, 15) is 9.59 Å². The Balaban J connectivity index is 2.93. The van der Waals surface area contributed by atoms with Crippen LogP contribution >= 0.6 is 0 Å². The standard InChI is InChI=1S/C9H12O4/c1-5(6-3-2-4-6)7(8(10)11)9(12)13/h6H,2-4H2,1H3,(H,10,11)(H,12,13). The van der Waals surface area contributed by atoms with Crippen LogP contribution in [0.5, 0.6) is 0 Å². The summed E-state index contributed by atoms with van der Waals surface area (Å²) >= 11 is 0. The number of carboxylic acids is 2. The highest BCUT2D eigenvalue weighted by Crippen LogP contribution is 2.34. The predicted molar refractivity (Wildman–Crippen MR) is 45.3 cm³/mol. The number of rotatable bonds is 3. The minimum Gasteiger partial charge on any atom is -0.477 e. The first-order valence-electron chi connectivity index (χ1n) is 4.21. The summed E-state index contributed by atoms with van der Waals surface area (Å²) < 4.78 is 0. The second-order valence-corrected chi connectivity index (χ2v) is 3.30. The molecular formula is C9H12O4.